The Bertz CT molecular complexity index is 317. The number of likely N-dealkylation sites (tertiary alicyclic amines) is 1. The van der Waals surface area contributed by atoms with Crippen molar-refractivity contribution in [1.82, 2.24) is 4.90 Å². The molecular weight excluding hydrogens is 222 g/mol. The van der Waals surface area contributed by atoms with E-state index in [2.05, 4.69) is 29.2 Å². The molecule has 3 heteroatoms. The van der Waals surface area contributed by atoms with Crippen molar-refractivity contribution in [3.05, 3.63) is 35.9 Å². The molecule has 0 aliphatic carbocycles. The van der Waals surface area contributed by atoms with Crippen LogP contribution in [0.25, 0.3) is 0 Å². The van der Waals surface area contributed by atoms with E-state index in [0.29, 0.717) is 0 Å². The average Bonchev–Trinajstić information content (AvgIpc) is 2.31. The van der Waals surface area contributed by atoms with Gasteiger partial charge >= 0.3 is 0 Å². The number of aliphatic hydroxyl groups excluding tert-OH is 1. The van der Waals surface area contributed by atoms with Crippen LogP contribution in [0.2, 0.25) is 0 Å². The maximum absolute atomic E-state index is 9.13. The van der Waals surface area contributed by atoms with Gasteiger partial charge in [0.05, 0.1) is 5.38 Å². The van der Waals surface area contributed by atoms with Gasteiger partial charge in [-0.1, -0.05) is 30.3 Å². The molecule has 16 heavy (non-hydrogen) atoms. The predicted octanol–water partition coefficient (Wildman–Crippen LogP) is 2.11. The zero-order valence-electron chi connectivity index (χ0n) is 9.35. The summed E-state index contributed by atoms with van der Waals surface area (Å²) < 4.78 is 0. The maximum Gasteiger partial charge on any atom is 0.0513 e. The molecule has 1 heterocycles. The van der Waals surface area contributed by atoms with E-state index in [4.69, 9.17) is 16.7 Å². The second kappa shape index (κ2) is 5.67. The summed E-state index contributed by atoms with van der Waals surface area (Å²) in [5.41, 5.74) is 1.33. The highest BCUT2D eigenvalue weighted by molar-refractivity contribution is 6.21. The van der Waals surface area contributed by atoms with E-state index >= 15 is 0 Å². The van der Waals surface area contributed by atoms with Crippen LogP contribution in [0.15, 0.2) is 30.3 Å². The van der Waals surface area contributed by atoms with Crippen LogP contribution >= 0.6 is 11.6 Å². The fourth-order valence-corrected chi connectivity index (χ4v) is 2.61. The molecule has 1 aromatic rings. The first-order valence-corrected chi connectivity index (χ1v) is 6.24. The monoisotopic (exact) mass is 239 g/mol. The highest BCUT2D eigenvalue weighted by Gasteiger charge is 2.26. The van der Waals surface area contributed by atoms with Gasteiger partial charge < -0.3 is 5.11 Å². The molecule has 1 aromatic carbocycles. The minimum absolute atomic E-state index is 0.0856. The Kier molecular flexibility index (Phi) is 4.22. The van der Waals surface area contributed by atoms with Crippen LogP contribution in [0.3, 0.4) is 0 Å². The second-order valence-corrected chi connectivity index (χ2v) is 5.03. The third-order valence-electron chi connectivity index (χ3n) is 3.24. The van der Waals surface area contributed by atoms with Crippen LogP contribution in [-0.4, -0.2) is 35.1 Å². The van der Waals surface area contributed by atoms with E-state index in [1.807, 2.05) is 6.07 Å². The number of hydrogen-bond donors (Lipinski definition) is 1. The Labute approximate surface area is 102 Å². The van der Waals surface area contributed by atoms with Gasteiger partial charge in [-0.15, -0.1) is 11.6 Å². The highest BCUT2D eigenvalue weighted by atomic mass is 35.5. The van der Waals surface area contributed by atoms with Crippen molar-refractivity contribution < 1.29 is 5.11 Å². The Morgan fingerprint density at radius 1 is 1.31 bits per heavy atom. The number of nitrogens with zero attached hydrogens (tertiary/aromatic N) is 1. The molecule has 2 nitrogen and oxygen atoms in total. The van der Waals surface area contributed by atoms with Crippen LogP contribution < -0.4 is 0 Å². The van der Waals surface area contributed by atoms with Gasteiger partial charge in [-0.25, -0.2) is 0 Å². The Hall–Kier alpha value is -0.570. The number of alkyl halides is 1. The molecule has 88 valence electrons. The summed E-state index contributed by atoms with van der Waals surface area (Å²) in [7, 11) is 0. The number of halogens is 1. The van der Waals surface area contributed by atoms with Crippen molar-refractivity contribution in [2.75, 3.05) is 19.7 Å². The molecule has 0 aromatic heterocycles. The molecule has 1 N–H and O–H groups in total. The fraction of sp³-hybridized carbons (Fsp3) is 0.538. The van der Waals surface area contributed by atoms with Gasteiger partial charge in [-0.2, -0.15) is 0 Å². The average molecular weight is 240 g/mol. The fourth-order valence-electron chi connectivity index (χ4n) is 2.21. The summed E-state index contributed by atoms with van der Waals surface area (Å²) in [6, 6.07) is 10.4. The van der Waals surface area contributed by atoms with Crippen LogP contribution in [0.1, 0.15) is 12.0 Å². The number of benzene rings is 1. The molecular formula is C13H18ClNO. The number of hydrogen-bond acceptors (Lipinski definition) is 2. The summed E-state index contributed by atoms with van der Waals surface area (Å²) in [4.78, 5) is 2.36. The predicted molar refractivity (Wildman–Crippen MR) is 66.6 cm³/mol. The van der Waals surface area contributed by atoms with Crippen LogP contribution in [0.4, 0.5) is 0 Å². The van der Waals surface area contributed by atoms with Crippen molar-refractivity contribution in [2.45, 2.75) is 18.3 Å². The van der Waals surface area contributed by atoms with Crippen molar-refractivity contribution in [1.29, 1.82) is 0 Å². The van der Waals surface area contributed by atoms with E-state index in [-0.39, 0.29) is 17.9 Å². The number of piperidine rings is 1. The van der Waals surface area contributed by atoms with Crippen LogP contribution in [0.5, 0.6) is 0 Å². The lowest BCUT2D eigenvalue weighted by Crippen LogP contribution is -2.42. The topological polar surface area (TPSA) is 23.5 Å². The summed E-state index contributed by atoms with van der Waals surface area (Å²) in [5.74, 6) is 0.272. The van der Waals surface area contributed by atoms with Gasteiger partial charge in [-0.05, 0) is 18.5 Å². The third-order valence-corrected chi connectivity index (χ3v) is 3.74. The third kappa shape index (κ3) is 2.97. The van der Waals surface area contributed by atoms with Gasteiger partial charge in [0.1, 0.15) is 0 Å². The van der Waals surface area contributed by atoms with Gasteiger partial charge in [0.15, 0.2) is 0 Å². The maximum atomic E-state index is 9.13. The highest BCUT2D eigenvalue weighted by Crippen LogP contribution is 2.23. The SMILES string of the molecule is OC[C@H]1CCN(Cc2ccccc2)C[C@H]1Cl. The summed E-state index contributed by atoms with van der Waals surface area (Å²) in [6.45, 7) is 3.08. The van der Waals surface area contributed by atoms with Gasteiger partial charge in [0.2, 0.25) is 0 Å². The van der Waals surface area contributed by atoms with Gasteiger partial charge in [0, 0.05) is 25.6 Å². The molecule has 1 fully saturated rings. The molecule has 0 bridgehead atoms. The first kappa shape index (κ1) is 11.9. The smallest absolute Gasteiger partial charge is 0.0513 e. The van der Waals surface area contributed by atoms with E-state index in [9.17, 15) is 0 Å². The zero-order chi connectivity index (χ0) is 11.4. The molecule has 2 atom stereocenters. The standard InChI is InChI=1S/C13H18ClNO/c14-13-9-15(7-6-12(13)10-16)8-11-4-2-1-3-5-11/h1-5,12-13,16H,6-10H2/t12-,13-/m1/s1. The first-order valence-electron chi connectivity index (χ1n) is 5.81. The summed E-state index contributed by atoms with van der Waals surface area (Å²) in [5, 5.41) is 9.22. The molecule has 1 saturated heterocycles. The van der Waals surface area contributed by atoms with Crippen molar-refractivity contribution in [3.63, 3.8) is 0 Å². The molecule has 1 aliphatic rings. The van der Waals surface area contributed by atoms with Crippen LogP contribution in [-0.2, 0) is 6.54 Å². The van der Waals surface area contributed by atoms with Gasteiger partial charge in [-0.3, -0.25) is 4.90 Å². The lowest BCUT2D eigenvalue weighted by Gasteiger charge is -2.34. The largest absolute Gasteiger partial charge is 0.396 e. The van der Waals surface area contributed by atoms with Gasteiger partial charge in [0.25, 0.3) is 0 Å². The van der Waals surface area contributed by atoms with Crippen LogP contribution in [0, 0.1) is 5.92 Å². The Morgan fingerprint density at radius 3 is 2.69 bits per heavy atom. The normalized spacial score (nSPS) is 26.9. The lowest BCUT2D eigenvalue weighted by atomic mass is 9.97. The van der Waals surface area contributed by atoms with Crippen molar-refractivity contribution >= 4 is 11.6 Å². The minimum atomic E-state index is 0.0856. The number of rotatable bonds is 3. The zero-order valence-corrected chi connectivity index (χ0v) is 10.1. The van der Waals surface area contributed by atoms with E-state index < -0.39 is 0 Å². The van der Waals surface area contributed by atoms with E-state index in [1.165, 1.54) is 5.56 Å². The second-order valence-electron chi connectivity index (χ2n) is 4.47. The molecule has 0 amide bonds. The van der Waals surface area contributed by atoms with Crippen molar-refractivity contribution in [2.24, 2.45) is 5.92 Å². The van der Waals surface area contributed by atoms with E-state index in [0.717, 1.165) is 26.1 Å². The van der Waals surface area contributed by atoms with Crippen molar-refractivity contribution in [3.8, 4) is 0 Å². The summed E-state index contributed by atoms with van der Waals surface area (Å²) in [6.07, 6.45) is 0.998. The summed E-state index contributed by atoms with van der Waals surface area (Å²) >= 11 is 6.24. The molecule has 0 unspecified atom stereocenters. The quantitative estimate of drug-likeness (QED) is 0.817. The molecule has 0 radical (unpaired) electrons. The Balaban J connectivity index is 1.89. The molecule has 2 rings (SSSR count). The first-order chi connectivity index (χ1) is 7.79. The van der Waals surface area contributed by atoms with E-state index in [1.54, 1.807) is 0 Å². The number of aliphatic hydroxyl groups is 1. The Morgan fingerprint density at radius 2 is 2.06 bits per heavy atom. The molecule has 0 spiro atoms. The molecule has 1 aliphatic heterocycles. The minimum Gasteiger partial charge on any atom is -0.396 e. The lowest BCUT2D eigenvalue weighted by molar-refractivity contribution is 0.131. The molecule has 0 saturated carbocycles.